The number of nitrogens with zero attached hydrogens (tertiary/aromatic N) is 2. The third-order valence-electron chi connectivity index (χ3n) is 2.00. The van der Waals surface area contributed by atoms with E-state index in [2.05, 4.69) is 46.8 Å². The Balaban J connectivity index is 0.000000921. The van der Waals surface area contributed by atoms with Gasteiger partial charge < -0.3 is 9.21 Å². The predicted molar refractivity (Wildman–Crippen MR) is 74.0 cm³/mol. The monoisotopic (exact) mass is 226 g/mol. The van der Waals surface area contributed by atoms with Crippen molar-refractivity contribution in [2.45, 2.75) is 13.8 Å². The van der Waals surface area contributed by atoms with Gasteiger partial charge in [0.2, 0.25) is 0 Å². The first-order chi connectivity index (χ1) is 7.15. The zero-order chi connectivity index (χ0) is 11.8. The predicted octanol–water partition coefficient (Wildman–Crippen LogP) is 3.49. The minimum atomic E-state index is 1.23. The van der Waals surface area contributed by atoms with Crippen LogP contribution in [0, 0.1) is 0 Å². The van der Waals surface area contributed by atoms with Crippen LogP contribution in [0.15, 0.2) is 24.3 Å². The fourth-order valence-corrected chi connectivity index (χ4v) is 1.40. The largest absolute Gasteiger partial charge is 0.378 e. The average molecular weight is 226 g/mol. The van der Waals surface area contributed by atoms with Gasteiger partial charge in [-0.2, -0.15) is 0 Å². The molecule has 1 aromatic rings. The average Bonchev–Trinajstić information content (AvgIpc) is 2.31. The summed E-state index contributed by atoms with van der Waals surface area (Å²) in [4.78, 5) is 2.10. The molecule has 0 atom stereocenters. The Kier molecular flexibility index (Phi) is 7.05. The van der Waals surface area contributed by atoms with Gasteiger partial charge in [0.25, 0.3) is 0 Å². The van der Waals surface area contributed by atoms with E-state index in [1.165, 1.54) is 11.4 Å². The van der Waals surface area contributed by atoms with E-state index in [1.807, 2.05) is 27.9 Å². The molecule has 0 radical (unpaired) electrons. The quantitative estimate of drug-likeness (QED) is 0.728. The van der Waals surface area contributed by atoms with Crippen LogP contribution in [-0.2, 0) is 0 Å². The molecule has 0 aliphatic rings. The normalized spacial score (nSPS) is 8.93. The van der Waals surface area contributed by atoms with Crippen molar-refractivity contribution in [3.63, 3.8) is 0 Å². The van der Waals surface area contributed by atoms with Gasteiger partial charge in [-0.05, 0) is 24.3 Å². The number of hydrogen-bond donors (Lipinski definition) is 0. The molecule has 0 saturated heterocycles. The van der Waals surface area contributed by atoms with Crippen LogP contribution in [0.2, 0.25) is 0 Å². The highest BCUT2D eigenvalue weighted by molar-refractivity contribution is 7.99. The van der Waals surface area contributed by atoms with Gasteiger partial charge in [0.1, 0.15) is 0 Å². The van der Waals surface area contributed by atoms with Gasteiger partial charge >= 0.3 is 0 Å². The zero-order valence-electron chi connectivity index (χ0n) is 10.6. The van der Waals surface area contributed by atoms with Gasteiger partial charge in [0, 0.05) is 38.8 Å². The summed E-state index contributed by atoms with van der Waals surface area (Å²) in [7, 11) is 6.16. The number of hydrogen-bond acceptors (Lipinski definition) is 3. The van der Waals surface area contributed by atoms with Crippen molar-refractivity contribution in [2.75, 3.05) is 36.6 Å². The molecule has 0 aromatic heterocycles. The van der Waals surface area contributed by atoms with Crippen molar-refractivity contribution in [1.29, 1.82) is 0 Å². The zero-order valence-corrected chi connectivity index (χ0v) is 11.4. The van der Waals surface area contributed by atoms with Gasteiger partial charge in [-0.25, -0.2) is 0 Å². The molecule has 1 aromatic carbocycles. The number of rotatable bonds is 3. The fourth-order valence-electron chi connectivity index (χ4n) is 1.07. The Hall–Kier alpha value is -0.830. The van der Waals surface area contributed by atoms with Crippen LogP contribution in [0.4, 0.5) is 11.4 Å². The second kappa shape index (κ2) is 7.46. The van der Waals surface area contributed by atoms with E-state index in [0.717, 1.165) is 0 Å². The maximum Gasteiger partial charge on any atom is 0.0467 e. The lowest BCUT2D eigenvalue weighted by Gasteiger charge is -2.17. The van der Waals surface area contributed by atoms with Crippen molar-refractivity contribution < 1.29 is 0 Å². The lowest BCUT2D eigenvalue weighted by atomic mass is 10.3. The third kappa shape index (κ3) is 4.47. The Morgan fingerprint density at radius 1 is 0.867 bits per heavy atom. The molecule has 1 rings (SSSR count). The standard InChI is InChI=1S/C10H16N2S.C2H6/c1-11(2)9-5-7-10(8-6-9)12(3)13-4;1-2/h5-8H,1-4H3;1-2H3. The van der Waals surface area contributed by atoms with Crippen molar-refractivity contribution in [2.24, 2.45) is 0 Å². The van der Waals surface area contributed by atoms with E-state index in [1.54, 1.807) is 11.9 Å². The van der Waals surface area contributed by atoms with Gasteiger partial charge in [0.05, 0.1) is 0 Å². The van der Waals surface area contributed by atoms with Gasteiger partial charge in [0.15, 0.2) is 0 Å². The van der Waals surface area contributed by atoms with Crippen LogP contribution in [-0.4, -0.2) is 27.4 Å². The van der Waals surface area contributed by atoms with Crippen LogP contribution in [0.3, 0.4) is 0 Å². The molecular weight excluding hydrogens is 204 g/mol. The molecule has 0 saturated carbocycles. The summed E-state index contributed by atoms with van der Waals surface area (Å²) in [5.41, 5.74) is 2.47. The summed E-state index contributed by atoms with van der Waals surface area (Å²) in [6.07, 6.45) is 2.07. The summed E-state index contributed by atoms with van der Waals surface area (Å²) in [5, 5.41) is 0. The minimum absolute atomic E-state index is 1.23. The highest BCUT2D eigenvalue weighted by Gasteiger charge is 1.99. The molecule has 15 heavy (non-hydrogen) atoms. The maximum absolute atomic E-state index is 2.14. The van der Waals surface area contributed by atoms with Gasteiger partial charge in [-0.15, -0.1) is 0 Å². The third-order valence-corrected chi connectivity index (χ3v) is 2.76. The molecule has 0 unspecified atom stereocenters. The van der Waals surface area contributed by atoms with Crippen molar-refractivity contribution in [3.8, 4) is 0 Å². The Labute approximate surface area is 98.4 Å². The van der Waals surface area contributed by atoms with E-state index < -0.39 is 0 Å². The van der Waals surface area contributed by atoms with Crippen molar-refractivity contribution in [3.05, 3.63) is 24.3 Å². The van der Waals surface area contributed by atoms with Gasteiger partial charge in [-0.3, -0.25) is 0 Å². The molecule has 0 aliphatic carbocycles. The lowest BCUT2D eigenvalue weighted by Crippen LogP contribution is -2.09. The summed E-state index contributed by atoms with van der Waals surface area (Å²) in [5.74, 6) is 0. The second-order valence-corrected chi connectivity index (χ2v) is 4.00. The highest BCUT2D eigenvalue weighted by atomic mass is 32.2. The molecule has 86 valence electrons. The van der Waals surface area contributed by atoms with Crippen molar-refractivity contribution in [1.82, 2.24) is 0 Å². The number of benzene rings is 1. The molecule has 0 fully saturated rings. The summed E-state index contributed by atoms with van der Waals surface area (Å²) in [6.45, 7) is 4.00. The molecule has 3 heteroatoms. The Bertz CT molecular complexity index is 257. The van der Waals surface area contributed by atoms with Crippen LogP contribution < -0.4 is 9.21 Å². The minimum Gasteiger partial charge on any atom is -0.378 e. The first-order valence-electron chi connectivity index (χ1n) is 5.20. The highest BCUT2D eigenvalue weighted by Crippen LogP contribution is 2.21. The smallest absolute Gasteiger partial charge is 0.0467 e. The van der Waals surface area contributed by atoms with Crippen LogP contribution in [0.25, 0.3) is 0 Å². The Morgan fingerprint density at radius 3 is 1.60 bits per heavy atom. The maximum atomic E-state index is 2.14. The Morgan fingerprint density at radius 2 is 1.27 bits per heavy atom. The summed E-state index contributed by atoms with van der Waals surface area (Å²) < 4.78 is 2.14. The van der Waals surface area contributed by atoms with Crippen LogP contribution in [0.1, 0.15) is 13.8 Å². The van der Waals surface area contributed by atoms with E-state index in [4.69, 9.17) is 0 Å². The van der Waals surface area contributed by atoms with E-state index in [9.17, 15) is 0 Å². The number of anilines is 2. The SMILES string of the molecule is CC.CSN(C)c1ccc(N(C)C)cc1. The second-order valence-electron chi connectivity index (χ2n) is 3.09. The summed E-state index contributed by atoms with van der Waals surface area (Å²) >= 11 is 1.71. The van der Waals surface area contributed by atoms with E-state index in [-0.39, 0.29) is 0 Å². The first kappa shape index (κ1) is 14.2. The fraction of sp³-hybridized carbons (Fsp3) is 0.500. The topological polar surface area (TPSA) is 6.48 Å². The molecule has 0 N–H and O–H groups in total. The van der Waals surface area contributed by atoms with E-state index in [0.29, 0.717) is 0 Å². The van der Waals surface area contributed by atoms with Crippen LogP contribution in [0.5, 0.6) is 0 Å². The lowest BCUT2D eigenvalue weighted by molar-refractivity contribution is 1.13. The van der Waals surface area contributed by atoms with Crippen LogP contribution >= 0.6 is 11.9 Å². The molecule has 2 nitrogen and oxygen atoms in total. The molecule has 0 aliphatic heterocycles. The molecule has 0 heterocycles. The molecule has 0 spiro atoms. The molecule has 0 bridgehead atoms. The summed E-state index contributed by atoms with van der Waals surface area (Å²) in [6, 6.07) is 8.52. The van der Waals surface area contributed by atoms with Gasteiger partial charge in [-0.1, -0.05) is 25.8 Å². The molecule has 0 amide bonds. The van der Waals surface area contributed by atoms with E-state index >= 15 is 0 Å². The molecular formula is C12H22N2S. The first-order valence-corrected chi connectivity index (χ1v) is 6.38. The van der Waals surface area contributed by atoms with Crippen molar-refractivity contribution >= 4 is 23.3 Å².